The van der Waals surface area contributed by atoms with E-state index in [0.29, 0.717) is 11.7 Å². The Kier molecular flexibility index (Phi) is 2.94. The van der Waals surface area contributed by atoms with Crippen LogP contribution in [0.2, 0.25) is 0 Å². The zero-order valence-electron chi connectivity index (χ0n) is 8.18. The number of rotatable bonds is 3. The average molecular weight is 220 g/mol. The van der Waals surface area contributed by atoms with Crippen molar-refractivity contribution in [1.29, 1.82) is 0 Å². The van der Waals surface area contributed by atoms with E-state index in [9.17, 15) is 0 Å². The Hall–Kier alpha value is -1.46. The van der Waals surface area contributed by atoms with Gasteiger partial charge in [0.15, 0.2) is 0 Å². The second-order valence-electron chi connectivity index (χ2n) is 3.18. The molecule has 1 heterocycles. The summed E-state index contributed by atoms with van der Waals surface area (Å²) in [6.07, 6.45) is 0.901. The Morgan fingerprint density at radius 3 is 2.40 bits per heavy atom. The molecule has 15 heavy (non-hydrogen) atoms. The molecule has 0 amide bonds. The molecule has 0 spiro atoms. The molecule has 0 saturated heterocycles. The van der Waals surface area contributed by atoms with E-state index in [-0.39, 0.29) is 0 Å². The molecule has 0 aliphatic rings. The molecular formula is C10H12N4S. The first-order valence-electron chi connectivity index (χ1n) is 4.68. The van der Waals surface area contributed by atoms with Crippen molar-refractivity contribution in [2.75, 3.05) is 12.3 Å². The lowest BCUT2D eigenvalue weighted by molar-refractivity contribution is 0.969. The van der Waals surface area contributed by atoms with Crippen LogP contribution in [0.15, 0.2) is 24.3 Å². The van der Waals surface area contributed by atoms with E-state index in [0.717, 1.165) is 17.0 Å². The van der Waals surface area contributed by atoms with E-state index in [4.69, 9.17) is 11.5 Å². The summed E-state index contributed by atoms with van der Waals surface area (Å²) in [5, 5.41) is 9.11. The van der Waals surface area contributed by atoms with E-state index in [1.807, 2.05) is 12.1 Å². The Bertz CT molecular complexity index is 435. The van der Waals surface area contributed by atoms with E-state index in [2.05, 4.69) is 22.3 Å². The summed E-state index contributed by atoms with van der Waals surface area (Å²) in [7, 11) is 0. The van der Waals surface area contributed by atoms with Crippen LogP contribution in [0.1, 0.15) is 5.56 Å². The molecule has 0 radical (unpaired) electrons. The number of nitrogen functional groups attached to an aromatic ring is 1. The van der Waals surface area contributed by atoms with Crippen LogP contribution in [0.3, 0.4) is 0 Å². The molecule has 1 aromatic heterocycles. The Balaban J connectivity index is 2.23. The molecule has 0 bridgehead atoms. The molecule has 4 N–H and O–H groups in total. The van der Waals surface area contributed by atoms with E-state index in [1.165, 1.54) is 16.9 Å². The van der Waals surface area contributed by atoms with Crippen LogP contribution in [0, 0.1) is 0 Å². The van der Waals surface area contributed by atoms with Gasteiger partial charge in [0.1, 0.15) is 5.01 Å². The maximum atomic E-state index is 5.52. The molecule has 2 rings (SSSR count). The quantitative estimate of drug-likeness (QED) is 0.817. The molecule has 0 unspecified atom stereocenters. The normalized spacial score (nSPS) is 10.5. The van der Waals surface area contributed by atoms with Crippen molar-refractivity contribution in [3.63, 3.8) is 0 Å². The molecule has 0 atom stereocenters. The molecule has 2 aromatic rings. The van der Waals surface area contributed by atoms with E-state index in [1.54, 1.807) is 0 Å². The van der Waals surface area contributed by atoms with Crippen LogP contribution in [0.25, 0.3) is 10.6 Å². The lowest BCUT2D eigenvalue weighted by Crippen LogP contribution is -2.02. The van der Waals surface area contributed by atoms with Gasteiger partial charge < -0.3 is 11.5 Å². The molecule has 0 saturated carbocycles. The van der Waals surface area contributed by atoms with Gasteiger partial charge in [-0.15, -0.1) is 10.2 Å². The standard InChI is InChI=1S/C10H12N4S/c11-6-5-7-1-3-8(4-2-7)9-13-14-10(12)15-9/h1-4H,5-6,11H2,(H2,12,14). The van der Waals surface area contributed by atoms with Crippen molar-refractivity contribution < 1.29 is 0 Å². The van der Waals surface area contributed by atoms with Gasteiger partial charge >= 0.3 is 0 Å². The number of benzene rings is 1. The second-order valence-corrected chi connectivity index (χ2v) is 4.19. The number of nitrogens with two attached hydrogens (primary N) is 2. The van der Waals surface area contributed by atoms with Gasteiger partial charge in [0.05, 0.1) is 0 Å². The fourth-order valence-electron chi connectivity index (χ4n) is 1.33. The van der Waals surface area contributed by atoms with Crippen LogP contribution in [0.5, 0.6) is 0 Å². The van der Waals surface area contributed by atoms with Crippen molar-refractivity contribution in [2.24, 2.45) is 5.73 Å². The second kappa shape index (κ2) is 4.37. The predicted molar refractivity (Wildman–Crippen MR) is 62.5 cm³/mol. The van der Waals surface area contributed by atoms with Gasteiger partial charge in [-0.1, -0.05) is 35.6 Å². The summed E-state index contributed by atoms with van der Waals surface area (Å²) < 4.78 is 0. The third-order valence-corrected chi connectivity index (χ3v) is 2.88. The largest absolute Gasteiger partial charge is 0.374 e. The molecule has 0 aliphatic carbocycles. The van der Waals surface area contributed by atoms with Crippen molar-refractivity contribution in [3.8, 4) is 10.6 Å². The van der Waals surface area contributed by atoms with Crippen LogP contribution in [-0.2, 0) is 6.42 Å². The van der Waals surface area contributed by atoms with Gasteiger partial charge in [0, 0.05) is 5.56 Å². The summed E-state index contributed by atoms with van der Waals surface area (Å²) in [6, 6.07) is 8.15. The van der Waals surface area contributed by atoms with Crippen molar-refractivity contribution in [2.45, 2.75) is 6.42 Å². The first-order chi connectivity index (χ1) is 7.29. The lowest BCUT2D eigenvalue weighted by atomic mass is 10.1. The molecule has 78 valence electrons. The highest BCUT2D eigenvalue weighted by Crippen LogP contribution is 2.24. The zero-order valence-corrected chi connectivity index (χ0v) is 9.00. The van der Waals surface area contributed by atoms with E-state index < -0.39 is 0 Å². The van der Waals surface area contributed by atoms with Gasteiger partial charge in [0.2, 0.25) is 5.13 Å². The highest BCUT2D eigenvalue weighted by Gasteiger charge is 2.03. The number of anilines is 1. The third kappa shape index (κ3) is 2.31. The molecule has 1 aromatic carbocycles. The van der Waals surface area contributed by atoms with Crippen molar-refractivity contribution in [3.05, 3.63) is 29.8 Å². The number of nitrogens with zero attached hydrogens (tertiary/aromatic N) is 2. The summed E-state index contributed by atoms with van der Waals surface area (Å²) in [5.74, 6) is 0. The maximum absolute atomic E-state index is 5.52. The topological polar surface area (TPSA) is 77.8 Å². The molecular weight excluding hydrogens is 208 g/mol. The Labute approximate surface area is 91.9 Å². The lowest BCUT2D eigenvalue weighted by Gasteiger charge is -1.99. The van der Waals surface area contributed by atoms with Crippen LogP contribution in [-0.4, -0.2) is 16.7 Å². The van der Waals surface area contributed by atoms with Gasteiger partial charge in [-0.3, -0.25) is 0 Å². The number of hydrogen-bond donors (Lipinski definition) is 2. The minimum Gasteiger partial charge on any atom is -0.374 e. The minimum atomic E-state index is 0.496. The molecule has 5 heteroatoms. The monoisotopic (exact) mass is 220 g/mol. The van der Waals surface area contributed by atoms with Gasteiger partial charge in [-0.05, 0) is 18.5 Å². The molecule has 0 fully saturated rings. The smallest absolute Gasteiger partial charge is 0.203 e. The summed E-state index contributed by atoms with van der Waals surface area (Å²) in [4.78, 5) is 0. The fourth-order valence-corrected chi connectivity index (χ4v) is 1.95. The summed E-state index contributed by atoms with van der Waals surface area (Å²) in [6.45, 7) is 0.672. The van der Waals surface area contributed by atoms with E-state index >= 15 is 0 Å². The maximum Gasteiger partial charge on any atom is 0.203 e. The van der Waals surface area contributed by atoms with Crippen LogP contribution >= 0.6 is 11.3 Å². The Morgan fingerprint density at radius 2 is 1.87 bits per heavy atom. The van der Waals surface area contributed by atoms with Gasteiger partial charge in [0.25, 0.3) is 0 Å². The molecule has 4 nitrogen and oxygen atoms in total. The van der Waals surface area contributed by atoms with Crippen molar-refractivity contribution in [1.82, 2.24) is 10.2 Å². The predicted octanol–water partition coefficient (Wildman–Crippen LogP) is 1.29. The zero-order chi connectivity index (χ0) is 10.7. The minimum absolute atomic E-state index is 0.496. The molecule has 0 aliphatic heterocycles. The Morgan fingerprint density at radius 1 is 1.13 bits per heavy atom. The SMILES string of the molecule is NCCc1ccc(-c2nnc(N)s2)cc1. The third-order valence-electron chi connectivity index (χ3n) is 2.07. The van der Waals surface area contributed by atoms with Crippen molar-refractivity contribution >= 4 is 16.5 Å². The van der Waals surface area contributed by atoms with Crippen LogP contribution < -0.4 is 11.5 Å². The number of hydrogen-bond acceptors (Lipinski definition) is 5. The van der Waals surface area contributed by atoms with Gasteiger partial charge in [-0.2, -0.15) is 0 Å². The first-order valence-corrected chi connectivity index (χ1v) is 5.49. The summed E-state index contributed by atoms with van der Waals surface area (Å²) in [5.41, 5.74) is 13.3. The average Bonchev–Trinajstić information content (AvgIpc) is 2.67. The fraction of sp³-hybridized carbons (Fsp3) is 0.200. The highest BCUT2D eigenvalue weighted by atomic mass is 32.1. The first kappa shape index (κ1) is 10.1. The van der Waals surface area contributed by atoms with Gasteiger partial charge in [-0.25, -0.2) is 0 Å². The number of aromatic nitrogens is 2. The summed E-state index contributed by atoms with van der Waals surface area (Å²) >= 11 is 1.39. The highest BCUT2D eigenvalue weighted by molar-refractivity contribution is 7.18. The van der Waals surface area contributed by atoms with Crippen LogP contribution in [0.4, 0.5) is 5.13 Å².